The van der Waals surface area contributed by atoms with Crippen LogP contribution >= 0.6 is 11.3 Å². The van der Waals surface area contributed by atoms with Crippen molar-refractivity contribution in [2.75, 3.05) is 7.11 Å². The molecular formula is C10H14O2S. The number of hydrogen-bond donors (Lipinski definition) is 0. The van der Waals surface area contributed by atoms with Crippen LogP contribution in [0.4, 0.5) is 0 Å². The number of ether oxygens (including phenoxy) is 1. The van der Waals surface area contributed by atoms with E-state index in [2.05, 4.69) is 0 Å². The van der Waals surface area contributed by atoms with Gasteiger partial charge in [0.05, 0.1) is 11.0 Å². The predicted octanol–water partition coefficient (Wildman–Crippen LogP) is 2.66. The maximum atomic E-state index is 11.6. The fraction of sp³-hybridized carbons (Fsp3) is 0.500. The van der Waals surface area contributed by atoms with Crippen LogP contribution in [0.2, 0.25) is 0 Å². The molecule has 0 saturated heterocycles. The second kappa shape index (κ2) is 4.53. The van der Waals surface area contributed by atoms with Crippen molar-refractivity contribution in [3.05, 3.63) is 21.9 Å². The first-order chi connectivity index (χ1) is 6.13. The van der Waals surface area contributed by atoms with Crippen molar-refractivity contribution in [3.8, 4) is 0 Å². The molecule has 0 aliphatic rings. The SMILES string of the molecule is COC(C)CC(=O)c1ccc(C)s1. The van der Waals surface area contributed by atoms with Crippen molar-refractivity contribution >= 4 is 17.1 Å². The summed E-state index contributed by atoms with van der Waals surface area (Å²) in [6.07, 6.45) is 0.478. The van der Waals surface area contributed by atoms with Crippen molar-refractivity contribution in [2.24, 2.45) is 0 Å². The second-order valence-corrected chi connectivity index (χ2v) is 4.37. The van der Waals surface area contributed by atoms with Crippen LogP contribution in [0.15, 0.2) is 12.1 Å². The lowest BCUT2D eigenvalue weighted by atomic mass is 10.2. The van der Waals surface area contributed by atoms with Crippen LogP contribution in [0.1, 0.15) is 27.9 Å². The number of carbonyl (C=O) groups excluding carboxylic acids is 1. The van der Waals surface area contributed by atoms with Gasteiger partial charge >= 0.3 is 0 Å². The molecule has 0 bridgehead atoms. The summed E-state index contributed by atoms with van der Waals surface area (Å²) >= 11 is 1.54. The summed E-state index contributed by atoms with van der Waals surface area (Å²) < 4.78 is 5.03. The number of hydrogen-bond acceptors (Lipinski definition) is 3. The fourth-order valence-electron chi connectivity index (χ4n) is 1.03. The summed E-state index contributed by atoms with van der Waals surface area (Å²) in [4.78, 5) is 13.6. The third-order valence-corrected chi connectivity index (χ3v) is 2.93. The standard InChI is InChI=1S/C10H14O2S/c1-7(12-3)6-9(11)10-5-4-8(2)13-10/h4-5,7H,6H2,1-3H3. The van der Waals surface area contributed by atoms with Gasteiger partial charge < -0.3 is 4.74 Å². The highest BCUT2D eigenvalue weighted by molar-refractivity contribution is 7.14. The molecule has 0 amide bonds. The Morgan fingerprint density at radius 3 is 2.77 bits per heavy atom. The topological polar surface area (TPSA) is 26.3 Å². The molecule has 1 atom stereocenters. The Hall–Kier alpha value is -0.670. The minimum absolute atomic E-state index is 0.00917. The molecule has 0 aromatic carbocycles. The quantitative estimate of drug-likeness (QED) is 0.695. The average molecular weight is 198 g/mol. The molecule has 0 N–H and O–H groups in total. The van der Waals surface area contributed by atoms with Crippen LogP contribution in [0.25, 0.3) is 0 Å². The molecule has 0 radical (unpaired) electrons. The molecule has 2 nitrogen and oxygen atoms in total. The van der Waals surface area contributed by atoms with Crippen LogP contribution in [-0.4, -0.2) is 19.0 Å². The maximum absolute atomic E-state index is 11.6. The van der Waals surface area contributed by atoms with E-state index in [1.54, 1.807) is 18.4 Å². The molecule has 0 aliphatic carbocycles. The van der Waals surface area contributed by atoms with Gasteiger partial charge in [0.2, 0.25) is 0 Å². The molecule has 0 aliphatic heterocycles. The number of ketones is 1. The first-order valence-electron chi connectivity index (χ1n) is 4.26. The lowest BCUT2D eigenvalue weighted by molar-refractivity contribution is 0.0795. The minimum atomic E-state index is 0.00917. The maximum Gasteiger partial charge on any atom is 0.175 e. The molecule has 0 spiro atoms. The summed E-state index contributed by atoms with van der Waals surface area (Å²) in [6, 6.07) is 3.85. The first-order valence-corrected chi connectivity index (χ1v) is 5.07. The van der Waals surface area contributed by atoms with E-state index in [4.69, 9.17) is 4.74 Å². The average Bonchev–Trinajstić information content (AvgIpc) is 2.51. The van der Waals surface area contributed by atoms with E-state index in [-0.39, 0.29) is 11.9 Å². The van der Waals surface area contributed by atoms with Gasteiger partial charge in [-0.1, -0.05) is 0 Å². The van der Waals surface area contributed by atoms with Gasteiger partial charge in [-0.15, -0.1) is 11.3 Å². The number of aryl methyl sites for hydroxylation is 1. The number of thiophene rings is 1. The monoisotopic (exact) mass is 198 g/mol. The van der Waals surface area contributed by atoms with E-state index >= 15 is 0 Å². The molecule has 1 unspecified atom stereocenters. The zero-order chi connectivity index (χ0) is 9.84. The summed E-state index contributed by atoms with van der Waals surface area (Å²) in [5.74, 6) is 0.174. The van der Waals surface area contributed by atoms with Gasteiger partial charge in [0.15, 0.2) is 5.78 Å². The van der Waals surface area contributed by atoms with Crippen LogP contribution in [0.5, 0.6) is 0 Å². The van der Waals surface area contributed by atoms with Crippen LogP contribution in [0, 0.1) is 6.92 Å². The molecule has 0 saturated carbocycles. The highest BCUT2D eigenvalue weighted by atomic mass is 32.1. The van der Waals surface area contributed by atoms with Gasteiger partial charge in [0.1, 0.15) is 0 Å². The third kappa shape index (κ3) is 2.94. The van der Waals surface area contributed by atoms with Crippen molar-refractivity contribution in [2.45, 2.75) is 26.4 Å². The molecule has 13 heavy (non-hydrogen) atoms. The Bertz CT molecular complexity index is 291. The van der Waals surface area contributed by atoms with Crippen LogP contribution in [-0.2, 0) is 4.74 Å². The molecule has 3 heteroatoms. The van der Waals surface area contributed by atoms with Gasteiger partial charge in [-0.05, 0) is 26.0 Å². The van der Waals surface area contributed by atoms with Gasteiger partial charge in [-0.25, -0.2) is 0 Å². The summed E-state index contributed by atoms with van der Waals surface area (Å²) in [5, 5.41) is 0. The molecule has 72 valence electrons. The summed E-state index contributed by atoms with van der Waals surface area (Å²) in [7, 11) is 1.62. The Labute approximate surface area is 82.5 Å². The van der Waals surface area contributed by atoms with Gasteiger partial charge in [0.25, 0.3) is 0 Å². The summed E-state index contributed by atoms with van der Waals surface area (Å²) in [5.41, 5.74) is 0. The second-order valence-electron chi connectivity index (χ2n) is 3.08. The largest absolute Gasteiger partial charge is 0.381 e. The first kappa shape index (κ1) is 10.4. The number of Topliss-reactive ketones (excluding diaryl/α,β-unsaturated/α-hetero) is 1. The normalized spacial score (nSPS) is 12.8. The van der Waals surface area contributed by atoms with Crippen molar-refractivity contribution in [3.63, 3.8) is 0 Å². The van der Waals surface area contributed by atoms with Crippen LogP contribution in [0.3, 0.4) is 0 Å². The van der Waals surface area contributed by atoms with E-state index < -0.39 is 0 Å². The zero-order valence-corrected chi connectivity index (χ0v) is 8.98. The lowest BCUT2D eigenvalue weighted by Gasteiger charge is -2.06. The Kier molecular flexibility index (Phi) is 3.63. The van der Waals surface area contributed by atoms with Crippen molar-refractivity contribution in [1.29, 1.82) is 0 Å². The number of methoxy groups -OCH3 is 1. The van der Waals surface area contributed by atoms with Gasteiger partial charge in [0, 0.05) is 18.4 Å². The Morgan fingerprint density at radius 2 is 2.31 bits per heavy atom. The van der Waals surface area contributed by atoms with E-state index in [0.29, 0.717) is 6.42 Å². The van der Waals surface area contributed by atoms with Gasteiger partial charge in [-0.2, -0.15) is 0 Å². The Morgan fingerprint density at radius 1 is 1.62 bits per heavy atom. The van der Waals surface area contributed by atoms with Crippen molar-refractivity contribution in [1.82, 2.24) is 0 Å². The molecular weight excluding hydrogens is 184 g/mol. The molecule has 1 aromatic heterocycles. The van der Waals surface area contributed by atoms with E-state index in [1.165, 1.54) is 4.88 Å². The van der Waals surface area contributed by atoms with E-state index in [0.717, 1.165) is 4.88 Å². The highest BCUT2D eigenvalue weighted by Crippen LogP contribution is 2.17. The summed E-state index contributed by atoms with van der Waals surface area (Å²) in [6.45, 7) is 3.90. The minimum Gasteiger partial charge on any atom is -0.381 e. The highest BCUT2D eigenvalue weighted by Gasteiger charge is 2.11. The fourth-order valence-corrected chi connectivity index (χ4v) is 1.85. The molecule has 1 rings (SSSR count). The number of carbonyl (C=O) groups is 1. The third-order valence-electron chi connectivity index (χ3n) is 1.89. The molecule has 1 heterocycles. The Balaban J connectivity index is 2.58. The smallest absolute Gasteiger partial charge is 0.175 e. The zero-order valence-electron chi connectivity index (χ0n) is 8.16. The lowest BCUT2D eigenvalue weighted by Crippen LogP contribution is -2.11. The number of rotatable bonds is 4. The molecule has 0 fully saturated rings. The van der Waals surface area contributed by atoms with Gasteiger partial charge in [-0.3, -0.25) is 4.79 Å². The van der Waals surface area contributed by atoms with Crippen LogP contribution < -0.4 is 0 Å². The van der Waals surface area contributed by atoms with E-state index in [1.807, 2.05) is 26.0 Å². The van der Waals surface area contributed by atoms with E-state index in [9.17, 15) is 4.79 Å². The van der Waals surface area contributed by atoms with Crippen molar-refractivity contribution < 1.29 is 9.53 Å². The predicted molar refractivity (Wildman–Crippen MR) is 54.5 cm³/mol. The molecule has 1 aromatic rings.